The first-order valence-corrected chi connectivity index (χ1v) is 36.5. The third kappa shape index (κ3) is 20.3. The Hall–Kier alpha value is -8.78. The highest BCUT2D eigenvalue weighted by Crippen LogP contribution is 2.39. The van der Waals surface area contributed by atoms with E-state index in [-0.39, 0.29) is 63.8 Å². The standard InChI is InChI=1S/C74H102F8N12O13/c1-13-43(4)61-69(104)88(8)42-59(97)90(10)53-25-20-17-21-34-93(68(53)103)56(37-44-26-29-47(30-27-44)73(77,78)79)67(102)87(7)41-57(95)83-51(31-28-45-35-49(75)60(50(76)36-45)74(80,81)82)65(100)94-40-48(107-15-3)38-54(94)64(99)85-72(32-22-33-72)71(106)92(12)62(46-23-18-16-19-24-46)70(105)91(11)55(66(101)86(5)6)39-58(96)89(9)52(14-2)63(98)84-61/h17,20,26-27,29-30,35-36,43,46,48,51-56,61-62H,13-16,18-19,21-25,28,31-34,37-42H2,1-12H3,(H,83,95)(H,84,98)(H,85,99)/b20-17-/t43-,48+,51-,52-,53-,54-,55-,56-,61-,62-/m0/s1. The van der Waals surface area contributed by atoms with Crippen LogP contribution in [0.3, 0.4) is 0 Å². The molecule has 2 saturated heterocycles. The number of carbonyl (C=O) groups excluding carboxylic acids is 12. The van der Waals surface area contributed by atoms with Crippen LogP contribution in [0.1, 0.15) is 146 Å². The molecule has 12 amide bonds. The van der Waals surface area contributed by atoms with Crippen LogP contribution in [-0.2, 0) is 87.5 Å². The molecule has 3 aliphatic heterocycles. The first kappa shape index (κ1) is 85.5. The molecule has 2 aliphatic carbocycles. The number of rotatable bonds is 12. The molecule has 3 N–H and O–H groups in total. The normalized spacial score (nSPS) is 26.3. The van der Waals surface area contributed by atoms with E-state index in [1.54, 1.807) is 39.8 Å². The van der Waals surface area contributed by atoms with Gasteiger partial charge in [0.25, 0.3) is 0 Å². The molecule has 4 fully saturated rings. The fourth-order valence-electron chi connectivity index (χ4n) is 15.0. The quantitative estimate of drug-likeness (QED) is 0.175. The van der Waals surface area contributed by atoms with Crippen LogP contribution < -0.4 is 16.0 Å². The minimum absolute atomic E-state index is 0.0161. The molecular formula is C74H102F8N12O13. The molecule has 107 heavy (non-hydrogen) atoms. The van der Waals surface area contributed by atoms with Crippen LogP contribution in [-0.4, -0.2) is 264 Å². The summed E-state index contributed by atoms with van der Waals surface area (Å²) < 4.78 is 120. The number of carbonyl (C=O) groups is 12. The number of alkyl halides is 6. The molecule has 5 aliphatic rings. The molecule has 2 aromatic carbocycles. The Morgan fingerprint density at radius 1 is 0.664 bits per heavy atom. The SMILES string of the molecule is CCO[C@@H]1C[C@H]2C(=O)NC3(CCC3)C(=O)N(C)[C@@H](C3CCCCC3)C(=O)N(C)[C@H](C(=O)N(C)C)CC(=O)N(C)[C@@H](CC)C(=O)N[C@@H]([C@@H](C)CC)C(=O)N(C)CC(=O)N(C)[C@H]3C/C=C\CCN(C3=O)[C@@H](Cc3ccc(C(F)(F)F)cc3)C(=O)N(C)CC(=O)N[C@@H](CCc3cc(F)c(C(F)(F)F)c(F)c3)C(=O)N2C1. The number of hydrogen-bond acceptors (Lipinski definition) is 13. The summed E-state index contributed by atoms with van der Waals surface area (Å²) in [7, 11) is 10.6. The van der Waals surface area contributed by atoms with Crippen molar-refractivity contribution in [2.45, 2.75) is 209 Å². The lowest BCUT2D eigenvalue weighted by Gasteiger charge is -2.47. The second-order valence-corrected chi connectivity index (χ2v) is 29.1. The molecule has 25 nitrogen and oxygen atoms in total. The minimum Gasteiger partial charge on any atom is -0.377 e. The summed E-state index contributed by atoms with van der Waals surface area (Å²) in [6, 6.07) is -7.30. The summed E-state index contributed by atoms with van der Waals surface area (Å²) in [5.41, 5.74) is -5.25. The van der Waals surface area contributed by atoms with Crippen LogP contribution in [0.25, 0.3) is 0 Å². The number of aryl methyl sites for hydroxylation is 1. The third-order valence-corrected chi connectivity index (χ3v) is 21.7. The molecule has 592 valence electrons. The summed E-state index contributed by atoms with van der Waals surface area (Å²) in [6.45, 7) is 4.52. The van der Waals surface area contributed by atoms with Crippen LogP contribution in [0.2, 0.25) is 0 Å². The van der Waals surface area contributed by atoms with E-state index in [4.69, 9.17) is 4.74 Å². The number of halogens is 8. The van der Waals surface area contributed by atoms with Crippen LogP contribution in [0, 0.1) is 23.5 Å². The second-order valence-electron chi connectivity index (χ2n) is 29.1. The van der Waals surface area contributed by atoms with Crippen molar-refractivity contribution < 1.29 is 97.4 Å². The van der Waals surface area contributed by atoms with Gasteiger partial charge >= 0.3 is 12.4 Å². The van der Waals surface area contributed by atoms with Gasteiger partial charge in [-0.05, 0) is 118 Å². The summed E-state index contributed by atoms with van der Waals surface area (Å²) in [5, 5.41) is 8.22. The van der Waals surface area contributed by atoms with E-state index in [2.05, 4.69) is 16.0 Å². The number of nitrogens with one attached hydrogen (secondary N) is 3. The lowest BCUT2D eigenvalue weighted by Crippen LogP contribution is -2.68. The van der Waals surface area contributed by atoms with Gasteiger partial charge < -0.3 is 64.8 Å². The highest BCUT2D eigenvalue weighted by Gasteiger charge is 2.54. The first-order chi connectivity index (χ1) is 50.2. The van der Waals surface area contributed by atoms with E-state index in [0.717, 1.165) is 72.0 Å². The largest absolute Gasteiger partial charge is 0.422 e. The Balaban J connectivity index is 1.35. The predicted molar refractivity (Wildman–Crippen MR) is 374 cm³/mol. The van der Waals surface area contributed by atoms with Crippen LogP contribution in [0.15, 0.2) is 48.6 Å². The Morgan fingerprint density at radius 2 is 1.29 bits per heavy atom. The molecule has 2 saturated carbocycles. The van der Waals surface area contributed by atoms with Crippen molar-refractivity contribution in [1.82, 2.24) is 60.0 Å². The molecule has 3 heterocycles. The zero-order chi connectivity index (χ0) is 79.5. The number of ether oxygens (including phenoxy) is 1. The van der Waals surface area contributed by atoms with Gasteiger partial charge in [-0.2, -0.15) is 26.3 Å². The first-order valence-electron chi connectivity index (χ1n) is 36.5. The Kier molecular flexibility index (Phi) is 29.1. The summed E-state index contributed by atoms with van der Waals surface area (Å²) in [4.78, 5) is 190. The molecule has 2 aromatic rings. The molecular weight excluding hydrogens is 1420 g/mol. The van der Waals surface area contributed by atoms with E-state index < -0.39 is 222 Å². The minimum atomic E-state index is -5.46. The topological polar surface area (TPSA) is 279 Å². The van der Waals surface area contributed by atoms with Crippen molar-refractivity contribution in [3.63, 3.8) is 0 Å². The number of likely N-dealkylation sites (N-methyl/N-ethyl adjacent to an activating group) is 7. The van der Waals surface area contributed by atoms with E-state index in [1.807, 2.05) is 0 Å². The Labute approximate surface area is 618 Å². The van der Waals surface area contributed by atoms with E-state index in [9.17, 15) is 55.1 Å². The fraction of sp³-hybridized carbons (Fsp3) is 0.649. The van der Waals surface area contributed by atoms with Crippen molar-refractivity contribution in [1.29, 1.82) is 0 Å². The molecule has 0 unspecified atom stereocenters. The molecule has 1 spiro atoms. The summed E-state index contributed by atoms with van der Waals surface area (Å²) >= 11 is 0. The van der Waals surface area contributed by atoms with Gasteiger partial charge in [-0.1, -0.05) is 70.7 Å². The maximum absolute atomic E-state index is 15.5. The van der Waals surface area contributed by atoms with Crippen molar-refractivity contribution >= 4 is 70.9 Å². The Bertz CT molecular complexity index is 3600. The maximum Gasteiger partial charge on any atom is 0.422 e. The predicted octanol–water partition coefficient (Wildman–Crippen LogP) is 5.49. The second kappa shape index (κ2) is 36.4. The smallest absolute Gasteiger partial charge is 0.377 e. The van der Waals surface area contributed by atoms with Gasteiger partial charge in [-0.3, -0.25) is 57.5 Å². The van der Waals surface area contributed by atoms with Gasteiger partial charge in [0.1, 0.15) is 71.1 Å². The van der Waals surface area contributed by atoms with Crippen molar-refractivity contribution in [3.05, 3.63) is 82.4 Å². The molecule has 0 radical (unpaired) electrons. The molecule has 10 atom stereocenters. The van der Waals surface area contributed by atoms with E-state index in [1.165, 1.54) is 59.1 Å². The van der Waals surface area contributed by atoms with Crippen LogP contribution in [0.5, 0.6) is 0 Å². The molecule has 7 rings (SSSR count). The monoisotopic (exact) mass is 1520 g/mol. The zero-order valence-corrected chi connectivity index (χ0v) is 62.9. The van der Waals surface area contributed by atoms with Crippen molar-refractivity contribution in [2.75, 3.05) is 89.2 Å². The number of fused-ring (bicyclic) bond motifs is 3. The molecule has 33 heteroatoms. The maximum atomic E-state index is 15.5. The lowest BCUT2D eigenvalue weighted by molar-refractivity contribution is -0.158. The summed E-state index contributed by atoms with van der Waals surface area (Å²) in [6.07, 6.45) is -6.68. The van der Waals surface area contributed by atoms with Crippen molar-refractivity contribution in [3.8, 4) is 0 Å². The van der Waals surface area contributed by atoms with E-state index in [0.29, 0.717) is 50.7 Å². The molecule has 2 bridgehead atoms. The highest BCUT2D eigenvalue weighted by atomic mass is 19.4. The summed E-state index contributed by atoms with van der Waals surface area (Å²) in [5.74, 6) is -15.2. The third-order valence-electron chi connectivity index (χ3n) is 21.7. The number of benzene rings is 2. The van der Waals surface area contributed by atoms with Gasteiger partial charge in [0, 0.05) is 88.9 Å². The number of nitrogens with zero attached hydrogens (tertiary/aromatic N) is 9. The lowest BCUT2D eigenvalue weighted by atomic mass is 9.74. The van der Waals surface area contributed by atoms with Gasteiger partial charge in [-0.15, -0.1) is 0 Å². The zero-order valence-electron chi connectivity index (χ0n) is 62.9. The van der Waals surface area contributed by atoms with Crippen LogP contribution >= 0.6 is 0 Å². The average Bonchev–Trinajstić information content (AvgIpc) is 1.43. The average molecular weight is 1520 g/mol. The Morgan fingerprint density at radius 3 is 1.85 bits per heavy atom. The fourth-order valence-corrected chi connectivity index (χ4v) is 15.0. The van der Waals surface area contributed by atoms with Gasteiger partial charge in [0.2, 0.25) is 70.9 Å². The van der Waals surface area contributed by atoms with Gasteiger partial charge in [0.15, 0.2) is 0 Å². The van der Waals surface area contributed by atoms with Crippen molar-refractivity contribution in [2.24, 2.45) is 11.8 Å². The van der Waals surface area contributed by atoms with Crippen LogP contribution in [0.4, 0.5) is 35.1 Å². The number of hydrogen-bond donors (Lipinski definition) is 3. The number of amides is 12. The highest BCUT2D eigenvalue weighted by molar-refractivity contribution is 6.01. The van der Waals surface area contributed by atoms with Gasteiger partial charge in [-0.25, -0.2) is 8.78 Å². The van der Waals surface area contributed by atoms with E-state index >= 15 is 37.5 Å². The van der Waals surface area contributed by atoms with Gasteiger partial charge in [0.05, 0.1) is 31.2 Å². The molecule has 0 aromatic heterocycles.